The molecule has 1 N–H and O–H groups in total. The largest absolute Gasteiger partial charge is 0.416 e. The second-order valence-corrected chi connectivity index (χ2v) is 7.76. The van der Waals surface area contributed by atoms with E-state index in [1.54, 1.807) is 35.0 Å². The Balaban J connectivity index is 2.18. The Morgan fingerprint density at radius 1 is 1.28 bits per heavy atom. The van der Waals surface area contributed by atoms with Crippen LogP contribution in [0.5, 0.6) is 0 Å². The molecule has 0 saturated carbocycles. The van der Waals surface area contributed by atoms with Gasteiger partial charge in [0.1, 0.15) is 5.82 Å². The van der Waals surface area contributed by atoms with Crippen LogP contribution in [0.1, 0.15) is 37.7 Å². The number of amides is 2. The summed E-state index contributed by atoms with van der Waals surface area (Å²) in [5, 5.41) is 2.90. The van der Waals surface area contributed by atoms with Crippen LogP contribution in [-0.2, 0) is 24.0 Å². The fourth-order valence-corrected chi connectivity index (χ4v) is 2.70. The van der Waals surface area contributed by atoms with Gasteiger partial charge in [0.2, 0.25) is 0 Å². The van der Waals surface area contributed by atoms with E-state index in [1.165, 1.54) is 6.07 Å². The second-order valence-electron chi connectivity index (χ2n) is 7.76. The van der Waals surface area contributed by atoms with Crippen LogP contribution in [0.25, 0.3) is 0 Å². The molecule has 1 aromatic heterocycles. The molecule has 2 amide bonds. The fraction of sp³-hybridized carbons (Fsp3) is 0.500. The number of halogens is 3. The van der Waals surface area contributed by atoms with E-state index in [-0.39, 0.29) is 19.1 Å². The number of benzene rings is 1. The molecule has 0 fully saturated rings. The summed E-state index contributed by atoms with van der Waals surface area (Å²) < 4.78 is 45.7. The third kappa shape index (κ3) is 7.08. The molecule has 160 valence electrons. The summed E-state index contributed by atoms with van der Waals surface area (Å²) in [5.41, 5.74) is -0.597. The van der Waals surface area contributed by atoms with Crippen LogP contribution < -0.4 is 5.32 Å². The van der Waals surface area contributed by atoms with Gasteiger partial charge in [0, 0.05) is 38.1 Å². The summed E-state index contributed by atoms with van der Waals surface area (Å²) >= 11 is 0. The van der Waals surface area contributed by atoms with Gasteiger partial charge in [-0.2, -0.15) is 13.2 Å². The molecule has 0 aliphatic heterocycles. The number of nitrogens with zero attached hydrogens (tertiary/aromatic N) is 3. The number of methoxy groups -OCH3 is 1. The Bertz CT molecular complexity index is 813. The number of rotatable bonds is 7. The molecule has 0 radical (unpaired) electrons. The molecule has 29 heavy (non-hydrogen) atoms. The Labute approximate surface area is 168 Å². The van der Waals surface area contributed by atoms with Gasteiger partial charge in [-0.25, -0.2) is 9.78 Å². The first-order chi connectivity index (χ1) is 13.5. The van der Waals surface area contributed by atoms with Crippen molar-refractivity contribution in [3.05, 3.63) is 53.6 Å². The zero-order valence-corrected chi connectivity index (χ0v) is 17.1. The van der Waals surface area contributed by atoms with E-state index in [0.29, 0.717) is 24.5 Å². The van der Waals surface area contributed by atoms with Crippen LogP contribution in [0.4, 0.5) is 18.0 Å². The van der Waals surface area contributed by atoms with E-state index >= 15 is 0 Å². The first-order valence-electron chi connectivity index (χ1n) is 9.22. The molecule has 0 saturated heterocycles. The molecule has 0 bridgehead atoms. The van der Waals surface area contributed by atoms with Crippen molar-refractivity contribution >= 4 is 6.03 Å². The minimum absolute atomic E-state index is 0.206. The minimum atomic E-state index is -4.39. The van der Waals surface area contributed by atoms with E-state index < -0.39 is 17.3 Å². The zero-order chi connectivity index (χ0) is 21.7. The number of ether oxygens (including phenoxy) is 1. The molecule has 1 aromatic carbocycles. The van der Waals surface area contributed by atoms with Crippen molar-refractivity contribution in [1.29, 1.82) is 0 Å². The van der Waals surface area contributed by atoms with Crippen LogP contribution in [0.2, 0.25) is 0 Å². The van der Waals surface area contributed by atoms with Gasteiger partial charge in [0.05, 0.1) is 18.7 Å². The maximum Gasteiger partial charge on any atom is 0.416 e. The highest BCUT2D eigenvalue weighted by Gasteiger charge is 2.30. The molecule has 0 aliphatic rings. The van der Waals surface area contributed by atoms with Crippen molar-refractivity contribution in [2.45, 2.75) is 45.6 Å². The van der Waals surface area contributed by atoms with Gasteiger partial charge in [-0.05, 0) is 38.5 Å². The number of urea groups is 1. The van der Waals surface area contributed by atoms with Crippen LogP contribution in [0, 0.1) is 0 Å². The summed E-state index contributed by atoms with van der Waals surface area (Å²) in [6, 6.07) is 4.92. The van der Waals surface area contributed by atoms with E-state index in [2.05, 4.69) is 10.3 Å². The number of hydrogen-bond donors (Lipinski definition) is 1. The van der Waals surface area contributed by atoms with Gasteiger partial charge in [0.15, 0.2) is 0 Å². The highest BCUT2D eigenvalue weighted by Crippen LogP contribution is 2.29. The summed E-state index contributed by atoms with van der Waals surface area (Å²) in [4.78, 5) is 18.5. The molecular formula is C20H27F3N4O2. The van der Waals surface area contributed by atoms with Crippen molar-refractivity contribution in [2.24, 2.45) is 0 Å². The maximum atomic E-state index is 13.0. The summed E-state index contributed by atoms with van der Waals surface area (Å²) in [6.07, 6.45) is -1.14. The highest BCUT2D eigenvalue weighted by molar-refractivity contribution is 5.74. The van der Waals surface area contributed by atoms with Gasteiger partial charge in [-0.15, -0.1) is 0 Å². The molecule has 0 aliphatic carbocycles. The topological polar surface area (TPSA) is 59.4 Å². The fourth-order valence-electron chi connectivity index (χ4n) is 2.70. The van der Waals surface area contributed by atoms with Crippen molar-refractivity contribution in [3.8, 4) is 0 Å². The Kier molecular flexibility index (Phi) is 7.29. The molecule has 1 heterocycles. The van der Waals surface area contributed by atoms with Gasteiger partial charge < -0.3 is 19.5 Å². The third-order valence-electron chi connectivity index (χ3n) is 4.08. The standard InChI is InChI=1S/C20H27F3N4O2/c1-19(2,3)25-18(28)27(10-11-29-4)14-17-24-8-9-26(17)13-15-6-5-7-16(12-15)20(21,22)23/h5-9,12H,10-11,13-14H2,1-4H3,(H,25,28). The number of carbonyl (C=O) groups is 1. The Morgan fingerprint density at radius 2 is 2.00 bits per heavy atom. The average Bonchev–Trinajstić information content (AvgIpc) is 3.03. The van der Waals surface area contributed by atoms with Crippen LogP contribution >= 0.6 is 0 Å². The SMILES string of the molecule is COCCN(Cc1nccn1Cc1cccc(C(F)(F)F)c1)C(=O)NC(C)(C)C. The lowest BCUT2D eigenvalue weighted by Crippen LogP contribution is -2.49. The normalized spacial score (nSPS) is 12.1. The number of carbonyl (C=O) groups excluding carboxylic acids is 1. The van der Waals surface area contributed by atoms with Crippen LogP contribution in [0.3, 0.4) is 0 Å². The number of nitrogens with one attached hydrogen (secondary N) is 1. The summed E-state index contributed by atoms with van der Waals surface area (Å²) in [6.45, 7) is 6.78. The molecule has 0 atom stereocenters. The number of imidazole rings is 1. The van der Waals surface area contributed by atoms with Crippen LogP contribution in [-0.4, -0.2) is 46.3 Å². The zero-order valence-electron chi connectivity index (χ0n) is 17.1. The minimum Gasteiger partial charge on any atom is -0.383 e. The van der Waals surface area contributed by atoms with Crippen molar-refractivity contribution in [1.82, 2.24) is 19.8 Å². The lowest BCUT2D eigenvalue weighted by Gasteiger charge is -2.28. The molecule has 6 nitrogen and oxygen atoms in total. The monoisotopic (exact) mass is 412 g/mol. The third-order valence-corrected chi connectivity index (χ3v) is 4.08. The van der Waals surface area contributed by atoms with Gasteiger partial charge in [0.25, 0.3) is 0 Å². The van der Waals surface area contributed by atoms with Crippen molar-refractivity contribution in [2.75, 3.05) is 20.3 Å². The van der Waals surface area contributed by atoms with Crippen molar-refractivity contribution < 1.29 is 22.7 Å². The summed E-state index contributed by atoms with van der Waals surface area (Å²) in [5.74, 6) is 0.572. The van der Waals surface area contributed by atoms with E-state index in [1.807, 2.05) is 20.8 Å². The molecule has 0 spiro atoms. The van der Waals surface area contributed by atoms with E-state index in [9.17, 15) is 18.0 Å². The number of hydrogen-bond acceptors (Lipinski definition) is 3. The maximum absolute atomic E-state index is 13.0. The van der Waals surface area contributed by atoms with Gasteiger partial charge in [-0.1, -0.05) is 12.1 Å². The molecule has 2 aromatic rings. The first-order valence-corrected chi connectivity index (χ1v) is 9.22. The lowest BCUT2D eigenvalue weighted by molar-refractivity contribution is -0.137. The predicted molar refractivity (Wildman–Crippen MR) is 103 cm³/mol. The number of aromatic nitrogens is 2. The Morgan fingerprint density at radius 3 is 2.62 bits per heavy atom. The Hall–Kier alpha value is -2.55. The van der Waals surface area contributed by atoms with Gasteiger partial charge in [-0.3, -0.25) is 0 Å². The highest BCUT2D eigenvalue weighted by atomic mass is 19.4. The average molecular weight is 412 g/mol. The smallest absolute Gasteiger partial charge is 0.383 e. The molecular weight excluding hydrogens is 385 g/mol. The molecule has 0 unspecified atom stereocenters. The van der Waals surface area contributed by atoms with Crippen molar-refractivity contribution in [3.63, 3.8) is 0 Å². The first kappa shape index (κ1) is 22.7. The molecule has 9 heteroatoms. The molecule has 2 rings (SSSR count). The van der Waals surface area contributed by atoms with Gasteiger partial charge >= 0.3 is 12.2 Å². The second kappa shape index (κ2) is 9.30. The van der Waals surface area contributed by atoms with Crippen LogP contribution in [0.15, 0.2) is 36.7 Å². The quantitative estimate of drug-likeness (QED) is 0.750. The predicted octanol–water partition coefficient (Wildman–Crippen LogP) is 3.91. The summed E-state index contributed by atoms with van der Waals surface area (Å²) in [7, 11) is 1.55. The van der Waals surface area contributed by atoms with E-state index in [4.69, 9.17) is 4.74 Å². The van der Waals surface area contributed by atoms with E-state index in [0.717, 1.165) is 12.1 Å². The number of alkyl halides is 3. The lowest BCUT2D eigenvalue weighted by atomic mass is 10.1.